The molecule has 3 heterocycles. The van der Waals surface area contributed by atoms with E-state index in [1.807, 2.05) is 28.9 Å². The van der Waals surface area contributed by atoms with Crippen LogP contribution in [0.2, 0.25) is 0 Å². The monoisotopic (exact) mass is 369 g/mol. The molecule has 0 N–H and O–H groups in total. The van der Waals surface area contributed by atoms with Crippen molar-refractivity contribution in [2.75, 3.05) is 13.1 Å². The number of fused-ring (bicyclic) bond motifs is 1. The van der Waals surface area contributed by atoms with Crippen LogP contribution in [0.15, 0.2) is 28.7 Å². The summed E-state index contributed by atoms with van der Waals surface area (Å²) in [6, 6.07) is 8.56. The predicted molar refractivity (Wildman–Crippen MR) is 102 cm³/mol. The van der Waals surface area contributed by atoms with Crippen LogP contribution in [0.1, 0.15) is 49.4 Å². The first-order valence-electron chi connectivity index (χ1n) is 9.43. The highest BCUT2D eigenvalue weighted by atomic mass is 32.1. The number of nitrogens with zero attached hydrogens (tertiary/aromatic N) is 5. The second kappa shape index (κ2) is 6.32. The zero-order valence-corrected chi connectivity index (χ0v) is 15.8. The fourth-order valence-electron chi connectivity index (χ4n) is 4.01. The van der Waals surface area contributed by atoms with E-state index in [0.29, 0.717) is 12.0 Å². The minimum Gasteiger partial charge on any atom is -0.440 e. The van der Waals surface area contributed by atoms with Crippen molar-refractivity contribution in [3.8, 4) is 0 Å². The standard InChI is InChI=1S/C19H23N5OS/c1-13-21-23(19(26)24(13)15-8-9-15)12-22-10-4-5-14(11-22)18-20-16-6-2-3-7-17(16)25-18/h2-3,6-7,14-15H,4-5,8-12H2,1H3. The SMILES string of the molecule is Cc1nn(CN2CCCC(c3nc4ccccc4o3)C2)c(=S)n1C1CC1. The highest BCUT2D eigenvalue weighted by molar-refractivity contribution is 7.71. The normalized spacial score (nSPS) is 21.5. The topological polar surface area (TPSA) is 52.0 Å². The molecule has 1 atom stereocenters. The molecule has 1 aromatic carbocycles. The highest BCUT2D eigenvalue weighted by Gasteiger charge is 2.29. The van der Waals surface area contributed by atoms with Crippen molar-refractivity contribution in [1.82, 2.24) is 24.2 Å². The highest BCUT2D eigenvalue weighted by Crippen LogP contribution is 2.36. The van der Waals surface area contributed by atoms with Gasteiger partial charge in [0.25, 0.3) is 0 Å². The first-order valence-corrected chi connectivity index (χ1v) is 9.83. The molecular weight excluding hydrogens is 346 g/mol. The molecule has 6 nitrogen and oxygen atoms in total. The second-order valence-corrected chi connectivity index (χ2v) is 7.87. The van der Waals surface area contributed by atoms with Gasteiger partial charge >= 0.3 is 0 Å². The van der Waals surface area contributed by atoms with E-state index in [0.717, 1.165) is 60.2 Å². The number of likely N-dealkylation sites (tertiary alicyclic amines) is 1. The lowest BCUT2D eigenvalue weighted by molar-refractivity contribution is 0.147. The Bertz CT molecular complexity index is 966. The Morgan fingerprint density at radius 3 is 2.88 bits per heavy atom. The first kappa shape index (κ1) is 16.2. The van der Waals surface area contributed by atoms with Gasteiger partial charge in [0.2, 0.25) is 0 Å². The third-order valence-electron chi connectivity index (χ3n) is 5.45. The molecule has 0 bridgehead atoms. The Hall–Kier alpha value is -1.99. The lowest BCUT2D eigenvalue weighted by Crippen LogP contribution is -2.36. The fourth-order valence-corrected chi connectivity index (χ4v) is 4.39. The van der Waals surface area contributed by atoms with Gasteiger partial charge in [0.05, 0.1) is 6.67 Å². The molecule has 5 rings (SSSR count). The molecule has 1 unspecified atom stereocenters. The van der Waals surface area contributed by atoms with Crippen LogP contribution >= 0.6 is 12.2 Å². The molecule has 0 radical (unpaired) electrons. The molecule has 7 heteroatoms. The minimum atomic E-state index is 0.330. The smallest absolute Gasteiger partial charge is 0.199 e. The number of piperidine rings is 1. The number of oxazole rings is 1. The maximum Gasteiger partial charge on any atom is 0.199 e. The van der Waals surface area contributed by atoms with E-state index in [-0.39, 0.29) is 0 Å². The molecule has 3 aromatic rings. The molecular formula is C19H23N5OS. The molecule has 2 fully saturated rings. The van der Waals surface area contributed by atoms with Crippen LogP contribution in [0.3, 0.4) is 0 Å². The molecule has 1 saturated heterocycles. The number of hydrogen-bond donors (Lipinski definition) is 0. The van der Waals surface area contributed by atoms with Crippen molar-refractivity contribution in [3.63, 3.8) is 0 Å². The van der Waals surface area contributed by atoms with E-state index in [1.54, 1.807) is 0 Å². The molecule has 2 aromatic heterocycles. The molecule has 2 aliphatic rings. The van der Waals surface area contributed by atoms with Crippen LogP contribution in [0.25, 0.3) is 11.1 Å². The fraction of sp³-hybridized carbons (Fsp3) is 0.526. The molecule has 1 aliphatic heterocycles. The number of benzene rings is 1. The average Bonchev–Trinajstić information content (AvgIpc) is 3.31. The van der Waals surface area contributed by atoms with Crippen molar-refractivity contribution in [2.45, 2.75) is 51.2 Å². The lowest BCUT2D eigenvalue weighted by Gasteiger charge is -2.30. The molecule has 0 spiro atoms. The summed E-state index contributed by atoms with van der Waals surface area (Å²) in [5.74, 6) is 2.22. The Kier molecular flexibility index (Phi) is 3.94. The molecule has 1 aliphatic carbocycles. The van der Waals surface area contributed by atoms with Gasteiger partial charge in [-0.15, -0.1) is 0 Å². The zero-order valence-electron chi connectivity index (χ0n) is 15.0. The maximum atomic E-state index is 6.01. The summed E-state index contributed by atoms with van der Waals surface area (Å²) in [6.07, 6.45) is 4.71. The van der Waals surface area contributed by atoms with Crippen molar-refractivity contribution < 1.29 is 4.42 Å². The number of aromatic nitrogens is 4. The number of aryl methyl sites for hydroxylation is 1. The zero-order chi connectivity index (χ0) is 17.7. The first-order chi connectivity index (χ1) is 12.7. The van der Waals surface area contributed by atoms with Crippen LogP contribution in [0.4, 0.5) is 0 Å². The van der Waals surface area contributed by atoms with E-state index in [9.17, 15) is 0 Å². The Morgan fingerprint density at radius 2 is 2.08 bits per heavy atom. The average molecular weight is 369 g/mol. The summed E-state index contributed by atoms with van der Waals surface area (Å²) in [5.41, 5.74) is 1.82. The van der Waals surface area contributed by atoms with Gasteiger partial charge in [0, 0.05) is 18.5 Å². The third-order valence-corrected chi connectivity index (χ3v) is 5.86. The van der Waals surface area contributed by atoms with E-state index in [2.05, 4.69) is 16.4 Å². The van der Waals surface area contributed by atoms with Crippen LogP contribution in [0, 0.1) is 11.7 Å². The Balaban J connectivity index is 1.34. The summed E-state index contributed by atoms with van der Waals surface area (Å²) in [5, 5.41) is 4.69. The maximum absolute atomic E-state index is 6.01. The van der Waals surface area contributed by atoms with Gasteiger partial charge in [0.15, 0.2) is 16.2 Å². The van der Waals surface area contributed by atoms with Crippen LogP contribution in [0.5, 0.6) is 0 Å². The van der Waals surface area contributed by atoms with E-state index >= 15 is 0 Å². The van der Waals surface area contributed by atoms with Gasteiger partial charge in [-0.25, -0.2) is 9.67 Å². The van der Waals surface area contributed by atoms with E-state index < -0.39 is 0 Å². The molecule has 1 saturated carbocycles. The van der Waals surface area contributed by atoms with Gasteiger partial charge in [-0.05, 0) is 63.5 Å². The van der Waals surface area contributed by atoms with Crippen LogP contribution in [-0.2, 0) is 6.67 Å². The van der Waals surface area contributed by atoms with E-state index in [4.69, 9.17) is 26.7 Å². The van der Waals surface area contributed by atoms with Crippen molar-refractivity contribution in [1.29, 1.82) is 0 Å². The molecule has 0 amide bonds. The second-order valence-electron chi connectivity index (χ2n) is 7.51. The summed E-state index contributed by atoms with van der Waals surface area (Å²) >= 11 is 5.67. The van der Waals surface area contributed by atoms with Crippen molar-refractivity contribution in [3.05, 3.63) is 40.8 Å². The number of para-hydroxylation sites is 2. The lowest BCUT2D eigenvalue weighted by atomic mass is 9.98. The van der Waals surface area contributed by atoms with Crippen LogP contribution in [-0.4, -0.2) is 37.3 Å². The van der Waals surface area contributed by atoms with Crippen molar-refractivity contribution >= 4 is 23.3 Å². The molecule has 26 heavy (non-hydrogen) atoms. The van der Waals surface area contributed by atoms with Gasteiger partial charge in [-0.3, -0.25) is 4.90 Å². The van der Waals surface area contributed by atoms with Crippen LogP contribution < -0.4 is 0 Å². The Labute approximate surface area is 157 Å². The van der Waals surface area contributed by atoms with E-state index in [1.165, 1.54) is 12.8 Å². The Morgan fingerprint density at radius 1 is 1.23 bits per heavy atom. The summed E-state index contributed by atoms with van der Waals surface area (Å²) in [7, 11) is 0. The van der Waals surface area contributed by atoms with Gasteiger partial charge in [-0.1, -0.05) is 12.1 Å². The number of rotatable bonds is 4. The van der Waals surface area contributed by atoms with Crippen molar-refractivity contribution in [2.24, 2.45) is 0 Å². The minimum absolute atomic E-state index is 0.330. The van der Waals surface area contributed by atoms with Gasteiger partial charge in [-0.2, -0.15) is 5.10 Å². The number of hydrogen-bond acceptors (Lipinski definition) is 5. The summed E-state index contributed by atoms with van der Waals surface area (Å²) in [4.78, 5) is 7.12. The largest absolute Gasteiger partial charge is 0.440 e. The summed E-state index contributed by atoms with van der Waals surface area (Å²) < 4.78 is 11.1. The van der Waals surface area contributed by atoms with Gasteiger partial charge in [0.1, 0.15) is 11.3 Å². The third kappa shape index (κ3) is 2.89. The predicted octanol–water partition coefficient (Wildman–Crippen LogP) is 4.04. The summed E-state index contributed by atoms with van der Waals surface area (Å²) in [6.45, 7) is 4.80. The molecule has 136 valence electrons. The quantitative estimate of drug-likeness (QED) is 0.650. The van der Waals surface area contributed by atoms with Gasteiger partial charge < -0.3 is 8.98 Å².